The van der Waals surface area contributed by atoms with Crippen molar-refractivity contribution in [1.29, 1.82) is 0 Å². The number of nitrogens with one attached hydrogen (secondary N) is 1. The van der Waals surface area contributed by atoms with Crippen LogP contribution in [0.25, 0.3) is 0 Å². The number of rotatable bonds is 9. The number of sulfonamides is 1. The molecule has 158 valence electrons. The average molecular weight is 445 g/mol. The second kappa shape index (κ2) is 9.92. The van der Waals surface area contributed by atoms with E-state index in [0.717, 1.165) is 12.8 Å². The first kappa shape index (κ1) is 22.1. The Balaban J connectivity index is 2.13. The highest BCUT2D eigenvalue weighted by Crippen LogP contribution is 2.40. The fourth-order valence-corrected chi connectivity index (χ4v) is 3.83. The second-order valence-corrected chi connectivity index (χ2v) is 8.69. The van der Waals surface area contributed by atoms with Gasteiger partial charge in [0, 0.05) is 18.9 Å². The van der Waals surface area contributed by atoms with Gasteiger partial charge in [-0.25, -0.2) is 23.5 Å². The van der Waals surface area contributed by atoms with Gasteiger partial charge in [0.05, 0.1) is 10.9 Å². The summed E-state index contributed by atoms with van der Waals surface area (Å²) in [6.45, 7) is 2.72. The van der Waals surface area contributed by atoms with Gasteiger partial charge in [-0.2, -0.15) is 12.6 Å². The molecule has 0 amide bonds. The van der Waals surface area contributed by atoms with Gasteiger partial charge in [0.25, 0.3) is 0 Å². The van der Waals surface area contributed by atoms with Crippen LogP contribution in [0.2, 0.25) is 0 Å². The number of hydrogen-bond donors (Lipinski definition) is 3. The van der Waals surface area contributed by atoms with E-state index in [0.29, 0.717) is 29.4 Å². The number of nitrogens with zero attached hydrogens (tertiary/aromatic N) is 2. The molecule has 1 heterocycles. The smallest absolute Gasteiger partial charge is 0.241 e. The van der Waals surface area contributed by atoms with E-state index < -0.39 is 15.3 Å². The number of hydrogen-bond acceptors (Lipinski definition) is 7. The summed E-state index contributed by atoms with van der Waals surface area (Å²) in [7, 11) is -4.08. The van der Waals surface area contributed by atoms with Crippen LogP contribution in [0.5, 0.6) is 11.5 Å². The monoisotopic (exact) mass is 444 g/mol. The average Bonchev–Trinajstić information content (AvgIpc) is 2.75. The minimum Gasteiger partial charge on any atom is -0.454 e. The van der Waals surface area contributed by atoms with Gasteiger partial charge in [0.1, 0.15) is 16.5 Å². The molecule has 1 atom stereocenters. The van der Waals surface area contributed by atoms with Gasteiger partial charge in [-0.1, -0.05) is 31.5 Å². The van der Waals surface area contributed by atoms with Crippen molar-refractivity contribution >= 4 is 28.3 Å². The van der Waals surface area contributed by atoms with E-state index in [1.54, 1.807) is 48.8 Å². The standard InChI is InChI=1S/C21H24N4O3S2/c1-2-3-10-23-17-13-15(20(29)21-24-11-7-12-25-21)14-18(30(22,26)27)19(17)28-16-8-5-4-6-9-16/h4-9,11-14,20,23,29H,2-3,10H2,1H3,(H2,22,26,27). The van der Waals surface area contributed by atoms with E-state index in [1.807, 2.05) is 6.07 Å². The van der Waals surface area contributed by atoms with Crippen LogP contribution in [-0.2, 0) is 10.0 Å². The Bertz CT molecular complexity index is 1080. The normalized spacial score (nSPS) is 12.4. The molecular weight excluding hydrogens is 420 g/mol. The Morgan fingerprint density at radius 2 is 1.83 bits per heavy atom. The van der Waals surface area contributed by atoms with Crippen molar-refractivity contribution in [3.05, 3.63) is 72.3 Å². The highest BCUT2D eigenvalue weighted by Gasteiger charge is 2.24. The molecule has 0 saturated heterocycles. The van der Waals surface area contributed by atoms with Gasteiger partial charge in [-0.05, 0) is 42.3 Å². The zero-order chi connectivity index (χ0) is 21.6. The minimum atomic E-state index is -4.08. The fraction of sp³-hybridized carbons (Fsp3) is 0.238. The molecule has 2 aromatic carbocycles. The molecular formula is C21H24N4O3S2. The first-order chi connectivity index (χ1) is 14.4. The van der Waals surface area contributed by atoms with E-state index in [-0.39, 0.29) is 10.6 Å². The maximum absolute atomic E-state index is 12.5. The summed E-state index contributed by atoms with van der Waals surface area (Å²) in [5.41, 5.74) is 1.11. The molecule has 1 aromatic heterocycles. The quantitative estimate of drug-likeness (QED) is 0.338. The van der Waals surface area contributed by atoms with Crippen LogP contribution in [0.15, 0.2) is 65.8 Å². The van der Waals surface area contributed by atoms with Crippen molar-refractivity contribution in [2.45, 2.75) is 29.9 Å². The minimum absolute atomic E-state index is 0.127. The summed E-state index contributed by atoms with van der Waals surface area (Å²) in [5, 5.41) is 8.29. The van der Waals surface area contributed by atoms with Crippen molar-refractivity contribution in [2.24, 2.45) is 5.14 Å². The zero-order valence-electron chi connectivity index (χ0n) is 16.5. The second-order valence-electron chi connectivity index (χ2n) is 6.65. The lowest BCUT2D eigenvalue weighted by Crippen LogP contribution is -2.16. The molecule has 30 heavy (non-hydrogen) atoms. The lowest BCUT2D eigenvalue weighted by Gasteiger charge is -2.19. The number of ether oxygens (including phenoxy) is 1. The predicted molar refractivity (Wildman–Crippen MR) is 121 cm³/mol. The van der Waals surface area contributed by atoms with Crippen molar-refractivity contribution in [3.63, 3.8) is 0 Å². The van der Waals surface area contributed by atoms with Crippen LogP contribution in [-0.4, -0.2) is 24.9 Å². The highest BCUT2D eigenvalue weighted by atomic mass is 32.2. The first-order valence-corrected chi connectivity index (χ1v) is 11.6. The van der Waals surface area contributed by atoms with Crippen LogP contribution in [0.3, 0.4) is 0 Å². The van der Waals surface area contributed by atoms with Crippen LogP contribution < -0.4 is 15.2 Å². The van der Waals surface area contributed by atoms with Crippen LogP contribution in [0.1, 0.15) is 36.4 Å². The molecule has 0 bridgehead atoms. The summed E-state index contributed by atoms with van der Waals surface area (Å²) in [6.07, 6.45) is 5.11. The van der Waals surface area contributed by atoms with Crippen molar-refractivity contribution in [1.82, 2.24) is 9.97 Å². The molecule has 7 nitrogen and oxygen atoms in total. The van der Waals surface area contributed by atoms with E-state index in [4.69, 9.17) is 9.88 Å². The van der Waals surface area contributed by atoms with E-state index >= 15 is 0 Å². The summed E-state index contributed by atoms with van der Waals surface area (Å²) >= 11 is 4.61. The molecule has 0 saturated carbocycles. The third-order valence-electron chi connectivity index (χ3n) is 4.34. The Morgan fingerprint density at radius 3 is 2.47 bits per heavy atom. The van der Waals surface area contributed by atoms with Crippen LogP contribution >= 0.6 is 12.6 Å². The Morgan fingerprint density at radius 1 is 1.13 bits per heavy atom. The molecule has 3 aromatic rings. The summed E-state index contributed by atoms with van der Waals surface area (Å²) in [5.74, 6) is 1.11. The largest absolute Gasteiger partial charge is 0.454 e. The maximum atomic E-state index is 12.5. The van der Waals surface area contributed by atoms with Gasteiger partial charge < -0.3 is 10.1 Å². The van der Waals surface area contributed by atoms with E-state index in [9.17, 15) is 8.42 Å². The lowest BCUT2D eigenvalue weighted by atomic mass is 10.1. The van der Waals surface area contributed by atoms with Gasteiger partial charge in [0.2, 0.25) is 10.0 Å². The predicted octanol–water partition coefficient (Wildman–Crippen LogP) is 4.15. The molecule has 0 aliphatic carbocycles. The first-order valence-electron chi connectivity index (χ1n) is 9.52. The Labute approximate surface area is 182 Å². The molecule has 3 N–H and O–H groups in total. The number of aromatic nitrogens is 2. The molecule has 0 radical (unpaired) electrons. The zero-order valence-corrected chi connectivity index (χ0v) is 18.2. The number of nitrogens with two attached hydrogens (primary N) is 1. The van der Waals surface area contributed by atoms with Gasteiger partial charge in [-0.3, -0.25) is 0 Å². The Kier molecular flexibility index (Phi) is 7.30. The number of benzene rings is 2. The topological polar surface area (TPSA) is 107 Å². The highest BCUT2D eigenvalue weighted by molar-refractivity contribution is 7.89. The van der Waals surface area contributed by atoms with Gasteiger partial charge in [0.15, 0.2) is 5.75 Å². The third kappa shape index (κ3) is 5.50. The van der Waals surface area contributed by atoms with E-state index in [1.165, 1.54) is 6.07 Å². The van der Waals surface area contributed by atoms with Crippen LogP contribution in [0, 0.1) is 0 Å². The molecule has 9 heteroatoms. The summed E-state index contributed by atoms with van der Waals surface area (Å²) in [4.78, 5) is 8.32. The maximum Gasteiger partial charge on any atom is 0.241 e. The molecule has 0 aliphatic rings. The lowest BCUT2D eigenvalue weighted by molar-refractivity contribution is 0.469. The molecule has 0 fully saturated rings. The Hall–Kier alpha value is -2.62. The number of primary sulfonamides is 1. The van der Waals surface area contributed by atoms with Crippen LogP contribution in [0.4, 0.5) is 5.69 Å². The van der Waals surface area contributed by atoms with Gasteiger partial charge >= 0.3 is 0 Å². The van der Waals surface area contributed by atoms with Crippen molar-refractivity contribution in [2.75, 3.05) is 11.9 Å². The van der Waals surface area contributed by atoms with Gasteiger partial charge in [-0.15, -0.1) is 0 Å². The fourth-order valence-electron chi connectivity index (χ4n) is 2.84. The molecule has 0 aliphatic heterocycles. The van der Waals surface area contributed by atoms with Crippen molar-refractivity contribution in [3.8, 4) is 11.5 Å². The number of para-hydroxylation sites is 1. The SMILES string of the molecule is CCCCNc1cc(C(S)c2ncccn2)cc(S(N)(=O)=O)c1Oc1ccccc1. The number of unbranched alkanes of at least 4 members (excludes halogenated alkanes) is 1. The molecule has 3 rings (SSSR count). The van der Waals surface area contributed by atoms with Crippen molar-refractivity contribution < 1.29 is 13.2 Å². The number of anilines is 1. The summed E-state index contributed by atoms with van der Waals surface area (Å²) in [6, 6.07) is 13.9. The molecule has 0 spiro atoms. The summed E-state index contributed by atoms with van der Waals surface area (Å²) < 4.78 is 30.9. The third-order valence-corrected chi connectivity index (χ3v) is 5.78. The number of thiol groups is 1. The van der Waals surface area contributed by atoms with E-state index in [2.05, 4.69) is 34.8 Å². The molecule has 1 unspecified atom stereocenters.